The van der Waals surface area contributed by atoms with Gasteiger partial charge in [-0.25, -0.2) is 4.98 Å². The molecule has 0 fully saturated rings. The second-order valence-electron chi connectivity index (χ2n) is 5.15. The van der Waals surface area contributed by atoms with E-state index in [0.29, 0.717) is 4.99 Å². The zero-order valence-electron chi connectivity index (χ0n) is 12.2. The Labute approximate surface area is 125 Å². The first-order valence-corrected chi connectivity index (χ1v) is 6.91. The Morgan fingerprint density at radius 2 is 1.65 bits per heavy atom. The fraction of sp³-hybridized carbons (Fsp3) is 0.250. The van der Waals surface area contributed by atoms with E-state index in [9.17, 15) is 0 Å². The van der Waals surface area contributed by atoms with E-state index in [0.717, 1.165) is 22.8 Å². The monoisotopic (exact) mass is 285 g/mol. The quantitative estimate of drug-likeness (QED) is 0.844. The van der Waals surface area contributed by atoms with Gasteiger partial charge in [0.05, 0.1) is 0 Å². The summed E-state index contributed by atoms with van der Waals surface area (Å²) in [5, 5.41) is 3.38. The van der Waals surface area contributed by atoms with Crippen LogP contribution in [-0.4, -0.2) is 9.97 Å². The van der Waals surface area contributed by atoms with E-state index < -0.39 is 0 Å². The highest BCUT2D eigenvalue weighted by atomic mass is 32.1. The highest BCUT2D eigenvalue weighted by Gasteiger charge is 2.07. The van der Waals surface area contributed by atoms with Crippen molar-refractivity contribution in [2.24, 2.45) is 5.73 Å². The molecule has 0 aliphatic heterocycles. The van der Waals surface area contributed by atoms with Gasteiger partial charge in [0.1, 0.15) is 10.8 Å². The van der Waals surface area contributed by atoms with Gasteiger partial charge in [-0.05, 0) is 51.0 Å². The standard InChI is InChI=1S/C16H19N3S/c1-9-5-10(2)15(11(3)6-9)19-14-8-13(16(17)20)7-12(4)18-14/h5-8H,1-4H3,(H2,17,20)(H,18,19). The largest absolute Gasteiger partial charge is 0.389 e. The number of aromatic nitrogens is 1. The van der Waals surface area contributed by atoms with Crippen molar-refractivity contribution in [1.82, 2.24) is 4.98 Å². The number of hydrogen-bond acceptors (Lipinski definition) is 3. The molecule has 2 rings (SSSR count). The van der Waals surface area contributed by atoms with Gasteiger partial charge in [-0.2, -0.15) is 0 Å². The number of anilines is 2. The molecule has 3 nitrogen and oxygen atoms in total. The molecule has 2 aromatic rings. The topological polar surface area (TPSA) is 50.9 Å². The Hall–Kier alpha value is -1.94. The van der Waals surface area contributed by atoms with Crippen LogP contribution >= 0.6 is 12.2 Å². The SMILES string of the molecule is Cc1cc(C)c(Nc2cc(C(N)=S)cc(C)n2)c(C)c1. The normalized spacial score (nSPS) is 10.4. The van der Waals surface area contributed by atoms with Crippen LogP contribution in [0.1, 0.15) is 27.9 Å². The number of nitrogens with zero attached hydrogens (tertiary/aromatic N) is 1. The van der Waals surface area contributed by atoms with Crippen LogP contribution in [0.25, 0.3) is 0 Å². The summed E-state index contributed by atoms with van der Waals surface area (Å²) in [7, 11) is 0. The number of rotatable bonds is 3. The van der Waals surface area contributed by atoms with E-state index in [-0.39, 0.29) is 0 Å². The molecule has 104 valence electrons. The molecule has 0 saturated heterocycles. The predicted octanol–water partition coefficient (Wildman–Crippen LogP) is 3.69. The Morgan fingerprint density at radius 3 is 2.20 bits per heavy atom. The van der Waals surface area contributed by atoms with Gasteiger partial charge in [-0.1, -0.05) is 29.9 Å². The fourth-order valence-electron chi connectivity index (χ4n) is 2.38. The first-order chi connectivity index (χ1) is 9.36. The summed E-state index contributed by atoms with van der Waals surface area (Å²) >= 11 is 5.04. The molecule has 20 heavy (non-hydrogen) atoms. The van der Waals surface area contributed by atoms with E-state index in [2.05, 4.69) is 43.2 Å². The lowest BCUT2D eigenvalue weighted by Crippen LogP contribution is -2.11. The third-order valence-electron chi connectivity index (χ3n) is 3.17. The summed E-state index contributed by atoms with van der Waals surface area (Å²) in [5.41, 5.74) is 12.2. The van der Waals surface area contributed by atoms with E-state index in [1.807, 2.05) is 19.1 Å². The van der Waals surface area contributed by atoms with Crippen molar-refractivity contribution in [3.63, 3.8) is 0 Å². The molecule has 0 bridgehead atoms. The van der Waals surface area contributed by atoms with Gasteiger partial charge in [0.15, 0.2) is 0 Å². The molecule has 0 amide bonds. The van der Waals surface area contributed by atoms with Crippen molar-refractivity contribution in [2.45, 2.75) is 27.7 Å². The van der Waals surface area contributed by atoms with Crippen LogP contribution in [-0.2, 0) is 0 Å². The minimum Gasteiger partial charge on any atom is -0.389 e. The molecule has 1 heterocycles. The smallest absolute Gasteiger partial charge is 0.131 e. The highest BCUT2D eigenvalue weighted by molar-refractivity contribution is 7.80. The first kappa shape index (κ1) is 14.5. The molecule has 1 aromatic carbocycles. The molecule has 0 unspecified atom stereocenters. The highest BCUT2D eigenvalue weighted by Crippen LogP contribution is 2.25. The average Bonchev–Trinajstić information content (AvgIpc) is 2.33. The summed E-state index contributed by atoms with van der Waals surface area (Å²) in [6, 6.07) is 8.08. The Balaban J connectivity index is 2.42. The van der Waals surface area contributed by atoms with Crippen LogP contribution in [0.15, 0.2) is 24.3 Å². The second kappa shape index (κ2) is 5.59. The van der Waals surface area contributed by atoms with Crippen LogP contribution in [0, 0.1) is 27.7 Å². The van der Waals surface area contributed by atoms with Gasteiger partial charge >= 0.3 is 0 Å². The zero-order chi connectivity index (χ0) is 14.9. The van der Waals surface area contributed by atoms with Crippen molar-refractivity contribution >= 4 is 28.7 Å². The summed E-state index contributed by atoms with van der Waals surface area (Å²) in [5.74, 6) is 0.767. The lowest BCUT2D eigenvalue weighted by atomic mass is 10.1. The molecular formula is C16H19N3S. The van der Waals surface area contributed by atoms with Gasteiger partial charge in [0, 0.05) is 16.9 Å². The molecule has 0 aliphatic carbocycles. The molecule has 4 heteroatoms. The van der Waals surface area contributed by atoms with Crippen LogP contribution in [0.3, 0.4) is 0 Å². The van der Waals surface area contributed by atoms with E-state index >= 15 is 0 Å². The summed E-state index contributed by atoms with van der Waals surface area (Å²) < 4.78 is 0. The van der Waals surface area contributed by atoms with E-state index in [4.69, 9.17) is 18.0 Å². The number of nitrogens with two attached hydrogens (primary N) is 1. The molecule has 0 spiro atoms. The molecule has 0 aliphatic rings. The summed E-state index contributed by atoms with van der Waals surface area (Å²) in [6.07, 6.45) is 0. The Morgan fingerprint density at radius 1 is 1.05 bits per heavy atom. The van der Waals surface area contributed by atoms with Crippen LogP contribution in [0.2, 0.25) is 0 Å². The number of aryl methyl sites for hydroxylation is 4. The van der Waals surface area contributed by atoms with Gasteiger partial charge in [-0.3, -0.25) is 0 Å². The van der Waals surface area contributed by atoms with Crippen molar-refractivity contribution in [2.75, 3.05) is 5.32 Å². The van der Waals surface area contributed by atoms with Gasteiger partial charge < -0.3 is 11.1 Å². The van der Waals surface area contributed by atoms with Crippen molar-refractivity contribution in [3.8, 4) is 0 Å². The maximum Gasteiger partial charge on any atom is 0.131 e. The van der Waals surface area contributed by atoms with E-state index in [1.54, 1.807) is 0 Å². The third kappa shape index (κ3) is 3.14. The minimum atomic E-state index is 0.385. The fourth-order valence-corrected chi connectivity index (χ4v) is 2.50. The molecular weight excluding hydrogens is 266 g/mol. The molecule has 3 N–H and O–H groups in total. The summed E-state index contributed by atoms with van der Waals surface area (Å²) in [6.45, 7) is 8.21. The van der Waals surface area contributed by atoms with E-state index in [1.165, 1.54) is 16.7 Å². The minimum absolute atomic E-state index is 0.385. The van der Waals surface area contributed by atoms with Crippen molar-refractivity contribution in [3.05, 3.63) is 52.2 Å². The average molecular weight is 285 g/mol. The molecule has 1 aromatic heterocycles. The summed E-state index contributed by atoms with van der Waals surface area (Å²) in [4.78, 5) is 4.87. The lowest BCUT2D eigenvalue weighted by Gasteiger charge is -2.14. The first-order valence-electron chi connectivity index (χ1n) is 6.50. The molecule has 0 radical (unpaired) electrons. The van der Waals surface area contributed by atoms with Crippen LogP contribution in [0.5, 0.6) is 0 Å². The third-order valence-corrected chi connectivity index (χ3v) is 3.40. The zero-order valence-corrected chi connectivity index (χ0v) is 13.1. The van der Waals surface area contributed by atoms with Gasteiger partial charge in [-0.15, -0.1) is 0 Å². The number of benzene rings is 1. The van der Waals surface area contributed by atoms with Gasteiger partial charge in [0.25, 0.3) is 0 Å². The number of thiocarbonyl (C=S) groups is 1. The number of pyridine rings is 1. The van der Waals surface area contributed by atoms with Crippen LogP contribution < -0.4 is 11.1 Å². The maximum absolute atomic E-state index is 5.70. The van der Waals surface area contributed by atoms with Crippen LogP contribution in [0.4, 0.5) is 11.5 Å². The molecule has 0 atom stereocenters. The van der Waals surface area contributed by atoms with Crippen molar-refractivity contribution in [1.29, 1.82) is 0 Å². The number of nitrogens with one attached hydrogen (secondary N) is 1. The predicted molar refractivity (Wildman–Crippen MR) is 88.8 cm³/mol. The Kier molecular flexibility index (Phi) is 4.04. The Bertz CT molecular complexity index is 654. The van der Waals surface area contributed by atoms with Crippen molar-refractivity contribution < 1.29 is 0 Å². The number of hydrogen-bond donors (Lipinski definition) is 2. The molecule has 0 saturated carbocycles. The maximum atomic E-state index is 5.70. The second-order valence-corrected chi connectivity index (χ2v) is 5.59. The van der Waals surface area contributed by atoms with Gasteiger partial charge in [0.2, 0.25) is 0 Å². The lowest BCUT2D eigenvalue weighted by molar-refractivity contribution is 1.18.